The molecule has 0 unspecified atom stereocenters. The van der Waals surface area contributed by atoms with Crippen LogP contribution >= 0.6 is 0 Å². The fourth-order valence-electron chi connectivity index (χ4n) is 4.40. The number of nitrogens with two attached hydrogens (primary N) is 1. The third-order valence-electron chi connectivity index (χ3n) is 6.75. The Labute approximate surface area is 205 Å². The predicted molar refractivity (Wildman–Crippen MR) is 142 cm³/mol. The largest absolute Gasteiger partial charge is 0.497 e. The topological polar surface area (TPSA) is 47.7 Å². The van der Waals surface area contributed by atoms with Gasteiger partial charge < -0.3 is 15.2 Å². The lowest BCUT2D eigenvalue weighted by molar-refractivity contribution is -0.0350. The zero-order chi connectivity index (χ0) is 24.6. The molecule has 0 amide bonds. The van der Waals surface area contributed by atoms with Crippen molar-refractivity contribution in [2.24, 2.45) is 5.73 Å². The van der Waals surface area contributed by atoms with Gasteiger partial charge in [0.2, 0.25) is 0 Å². The van der Waals surface area contributed by atoms with E-state index in [1.54, 1.807) is 7.11 Å². The fraction of sp³-hybridized carbons (Fsp3) is 0.400. The minimum Gasteiger partial charge on any atom is -0.497 e. The van der Waals surface area contributed by atoms with Gasteiger partial charge in [0.15, 0.2) is 0 Å². The summed E-state index contributed by atoms with van der Waals surface area (Å²) < 4.78 is 11.1. The summed E-state index contributed by atoms with van der Waals surface area (Å²) in [5.41, 5.74) is 8.88. The van der Waals surface area contributed by atoms with E-state index in [0.29, 0.717) is 12.6 Å². The maximum Gasteiger partial charge on any atom is 0.124 e. The van der Waals surface area contributed by atoms with Crippen LogP contribution < -0.4 is 15.2 Å². The summed E-state index contributed by atoms with van der Waals surface area (Å²) in [4.78, 5) is 2.41. The van der Waals surface area contributed by atoms with Crippen molar-refractivity contribution in [3.63, 3.8) is 0 Å². The molecule has 0 atom stereocenters. The molecule has 0 aromatic heterocycles. The Morgan fingerprint density at radius 1 is 0.824 bits per heavy atom. The summed E-state index contributed by atoms with van der Waals surface area (Å²) in [5, 5.41) is 0. The Bertz CT molecular complexity index is 948. The van der Waals surface area contributed by atoms with E-state index >= 15 is 0 Å². The second-order valence-electron chi connectivity index (χ2n) is 9.87. The van der Waals surface area contributed by atoms with Crippen molar-refractivity contribution in [3.8, 4) is 11.5 Å². The van der Waals surface area contributed by atoms with Crippen molar-refractivity contribution in [1.82, 2.24) is 4.90 Å². The van der Waals surface area contributed by atoms with E-state index in [0.717, 1.165) is 31.0 Å². The highest BCUT2D eigenvalue weighted by molar-refractivity contribution is 5.39. The van der Waals surface area contributed by atoms with Crippen LogP contribution in [0.3, 0.4) is 0 Å². The summed E-state index contributed by atoms with van der Waals surface area (Å²) >= 11 is 0. The highest BCUT2D eigenvalue weighted by atomic mass is 16.5. The highest BCUT2D eigenvalue weighted by Crippen LogP contribution is 2.34. The molecule has 4 heteroatoms. The Kier molecular flexibility index (Phi) is 8.76. The first-order chi connectivity index (χ1) is 16.3. The third kappa shape index (κ3) is 6.19. The Balaban J connectivity index is 0.000000191. The molecule has 1 aliphatic rings. The van der Waals surface area contributed by atoms with Gasteiger partial charge in [-0.3, -0.25) is 4.90 Å². The zero-order valence-corrected chi connectivity index (χ0v) is 21.3. The number of likely N-dealkylation sites (tertiary alicyclic amines) is 1. The van der Waals surface area contributed by atoms with Crippen LogP contribution in [0.2, 0.25) is 0 Å². The lowest BCUT2D eigenvalue weighted by atomic mass is 9.72. The number of methoxy groups -OCH3 is 1. The molecule has 1 aliphatic heterocycles. The number of nitrogens with zero attached hydrogens (tertiary/aromatic N) is 1. The smallest absolute Gasteiger partial charge is 0.124 e. The van der Waals surface area contributed by atoms with Crippen LogP contribution in [0.25, 0.3) is 0 Å². The Morgan fingerprint density at radius 3 is 1.79 bits per heavy atom. The number of ether oxygens (including phenoxy) is 2. The molecule has 0 radical (unpaired) electrons. The van der Waals surface area contributed by atoms with Gasteiger partial charge in [0.25, 0.3) is 0 Å². The van der Waals surface area contributed by atoms with Crippen molar-refractivity contribution < 1.29 is 9.47 Å². The van der Waals surface area contributed by atoms with E-state index < -0.39 is 0 Å². The fourth-order valence-corrected chi connectivity index (χ4v) is 4.40. The first-order valence-corrected chi connectivity index (χ1v) is 12.2. The molecule has 0 aliphatic carbocycles. The van der Waals surface area contributed by atoms with E-state index in [1.807, 2.05) is 36.4 Å². The van der Waals surface area contributed by atoms with E-state index in [1.165, 1.54) is 11.1 Å². The van der Waals surface area contributed by atoms with Crippen molar-refractivity contribution >= 4 is 0 Å². The van der Waals surface area contributed by atoms with Gasteiger partial charge in [-0.05, 0) is 50.5 Å². The molecule has 1 saturated heterocycles. The molecule has 182 valence electrons. The molecule has 1 fully saturated rings. The van der Waals surface area contributed by atoms with Crippen molar-refractivity contribution in [2.45, 2.75) is 51.2 Å². The molecule has 34 heavy (non-hydrogen) atoms. The van der Waals surface area contributed by atoms with Crippen molar-refractivity contribution in [2.75, 3.05) is 26.7 Å². The van der Waals surface area contributed by atoms with Gasteiger partial charge in [0.1, 0.15) is 17.6 Å². The Hall–Kier alpha value is -2.82. The molecule has 3 aromatic carbocycles. The van der Waals surface area contributed by atoms with E-state index in [2.05, 4.69) is 81.1 Å². The minimum absolute atomic E-state index is 0.0531. The normalized spacial score (nSPS) is 14.5. The monoisotopic (exact) mass is 460 g/mol. The molecular weight excluding hydrogens is 420 g/mol. The summed E-state index contributed by atoms with van der Waals surface area (Å²) in [6.45, 7) is 11.5. The van der Waals surface area contributed by atoms with Crippen LogP contribution in [-0.4, -0.2) is 43.3 Å². The summed E-state index contributed by atoms with van der Waals surface area (Å²) in [5.74, 6) is 1.73. The molecular formula is C30H40N2O2. The third-order valence-corrected chi connectivity index (χ3v) is 6.75. The van der Waals surface area contributed by atoms with Gasteiger partial charge in [0.05, 0.1) is 7.11 Å². The lowest BCUT2D eigenvalue weighted by Crippen LogP contribution is -2.60. The van der Waals surface area contributed by atoms with Gasteiger partial charge in [-0.1, -0.05) is 73.7 Å². The second kappa shape index (κ2) is 11.5. The summed E-state index contributed by atoms with van der Waals surface area (Å²) in [7, 11) is 1.67. The van der Waals surface area contributed by atoms with Crippen LogP contribution in [0.4, 0.5) is 0 Å². The summed E-state index contributed by atoms with van der Waals surface area (Å²) in [6, 6.07) is 28.9. The average molecular weight is 461 g/mol. The van der Waals surface area contributed by atoms with Crippen molar-refractivity contribution in [1.29, 1.82) is 0 Å². The quantitative estimate of drug-likeness (QED) is 0.477. The van der Waals surface area contributed by atoms with E-state index in [9.17, 15) is 0 Å². The molecule has 4 nitrogen and oxygen atoms in total. The average Bonchev–Trinajstić information content (AvgIpc) is 2.83. The van der Waals surface area contributed by atoms with Gasteiger partial charge >= 0.3 is 0 Å². The van der Waals surface area contributed by atoms with E-state index in [4.69, 9.17) is 15.2 Å². The molecule has 0 bridgehead atoms. The van der Waals surface area contributed by atoms with Gasteiger partial charge in [-0.2, -0.15) is 0 Å². The molecule has 3 aromatic rings. The lowest BCUT2D eigenvalue weighted by Gasteiger charge is -2.47. The number of hydrogen-bond acceptors (Lipinski definition) is 4. The van der Waals surface area contributed by atoms with Gasteiger partial charge in [-0.25, -0.2) is 0 Å². The number of rotatable bonds is 7. The van der Waals surface area contributed by atoms with Gasteiger partial charge in [0, 0.05) is 36.7 Å². The maximum atomic E-state index is 6.08. The number of benzene rings is 3. The van der Waals surface area contributed by atoms with Crippen LogP contribution in [0.1, 0.15) is 45.2 Å². The first kappa shape index (κ1) is 25.8. The van der Waals surface area contributed by atoms with Crippen LogP contribution in [0, 0.1) is 0 Å². The van der Waals surface area contributed by atoms with Crippen LogP contribution in [-0.2, 0) is 5.41 Å². The second-order valence-corrected chi connectivity index (χ2v) is 9.87. The van der Waals surface area contributed by atoms with Crippen molar-refractivity contribution in [3.05, 3.63) is 96.1 Å². The molecule has 4 rings (SSSR count). The number of hydrogen-bond donors (Lipinski definition) is 1. The summed E-state index contributed by atoms with van der Waals surface area (Å²) in [6.07, 6.45) is 1.32. The predicted octanol–water partition coefficient (Wildman–Crippen LogP) is 5.90. The first-order valence-electron chi connectivity index (χ1n) is 12.2. The van der Waals surface area contributed by atoms with Crippen LogP contribution in [0.5, 0.6) is 11.5 Å². The zero-order valence-electron chi connectivity index (χ0n) is 21.3. The van der Waals surface area contributed by atoms with E-state index in [-0.39, 0.29) is 11.0 Å². The Morgan fingerprint density at radius 2 is 1.35 bits per heavy atom. The standard InChI is InChI=1S/C16H19N.C14H21NO2/c1-2-16(13-17,14-9-5-3-6-10-14)15-11-7-4-8-12-15;1-14(2,3)15-9-13(10-15)17-12-7-5-6-11(8-12)16-4/h3-12H,2,13,17H2,1H3;5-8,13H,9-10H2,1-4H3. The SMILES string of the molecule is CCC(CN)(c1ccccc1)c1ccccc1.COc1cccc(OC2CN(C(C)(C)C)C2)c1. The highest BCUT2D eigenvalue weighted by Gasteiger charge is 2.35. The molecule has 0 saturated carbocycles. The van der Waals surface area contributed by atoms with Gasteiger partial charge in [-0.15, -0.1) is 0 Å². The minimum atomic E-state index is -0.0531. The molecule has 1 heterocycles. The maximum absolute atomic E-state index is 6.08. The molecule has 0 spiro atoms. The van der Waals surface area contributed by atoms with Crippen LogP contribution in [0.15, 0.2) is 84.9 Å². The molecule has 2 N–H and O–H groups in total.